The van der Waals surface area contributed by atoms with Gasteiger partial charge in [-0.3, -0.25) is 14.6 Å². The molecule has 0 aliphatic rings. The molecule has 0 amide bonds. The summed E-state index contributed by atoms with van der Waals surface area (Å²) in [6.07, 6.45) is 3.46. The summed E-state index contributed by atoms with van der Waals surface area (Å²) in [5.74, 6) is 0.753. The molecule has 3 rings (SSSR count). The molecule has 0 atom stereocenters. The van der Waals surface area contributed by atoms with E-state index in [1.165, 1.54) is 0 Å². The number of hydrogen-bond donors (Lipinski definition) is 1. The third kappa shape index (κ3) is 2.26. The Kier molecular flexibility index (Phi) is 3.38. The molecule has 100 valence electrons. The molecule has 0 aliphatic carbocycles. The minimum Gasteiger partial charge on any atom is -0.268 e. The lowest BCUT2D eigenvalue weighted by atomic mass is 10.2. The summed E-state index contributed by atoms with van der Waals surface area (Å²) in [4.78, 5) is 4.02. The minimum atomic E-state index is 0.544. The third-order valence-corrected chi connectivity index (χ3v) is 3.52. The average Bonchev–Trinajstić information content (AvgIpc) is 2.82. The Morgan fingerprint density at radius 1 is 1.20 bits per heavy atom. The number of H-pyrrole nitrogens is 1. The van der Waals surface area contributed by atoms with Gasteiger partial charge >= 0.3 is 0 Å². The standard InChI is InChI=1S/C14H11ClN4S/c1-9-8-11(15)2-3-12(9)19-13(17-18-14(19)20)10-4-6-16-7-5-10/h2-8H,1H3,(H,18,20). The first kappa shape index (κ1) is 13.0. The summed E-state index contributed by atoms with van der Waals surface area (Å²) in [5.41, 5.74) is 2.94. The largest absolute Gasteiger partial charge is 0.268 e. The van der Waals surface area contributed by atoms with E-state index < -0.39 is 0 Å². The molecule has 0 saturated carbocycles. The molecule has 6 heteroatoms. The van der Waals surface area contributed by atoms with Crippen molar-refractivity contribution < 1.29 is 0 Å². The lowest BCUT2D eigenvalue weighted by Gasteiger charge is -2.10. The van der Waals surface area contributed by atoms with Crippen molar-refractivity contribution in [3.63, 3.8) is 0 Å². The Hall–Kier alpha value is -1.98. The number of halogens is 1. The number of nitrogens with zero attached hydrogens (tertiary/aromatic N) is 3. The van der Waals surface area contributed by atoms with Gasteiger partial charge in [-0.05, 0) is 55.0 Å². The van der Waals surface area contributed by atoms with E-state index in [4.69, 9.17) is 23.8 Å². The van der Waals surface area contributed by atoms with E-state index in [2.05, 4.69) is 15.2 Å². The van der Waals surface area contributed by atoms with Gasteiger partial charge in [0.25, 0.3) is 0 Å². The molecule has 1 aromatic carbocycles. The summed E-state index contributed by atoms with van der Waals surface area (Å²) in [6.45, 7) is 1.99. The third-order valence-electron chi connectivity index (χ3n) is 3.01. The van der Waals surface area contributed by atoms with Gasteiger partial charge in [0.2, 0.25) is 0 Å². The van der Waals surface area contributed by atoms with Crippen molar-refractivity contribution in [2.24, 2.45) is 0 Å². The van der Waals surface area contributed by atoms with Crippen LogP contribution in [0.2, 0.25) is 5.02 Å². The Morgan fingerprint density at radius 3 is 2.65 bits per heavy atom. The molecule has 3 aromatic rings. The van der Waals surface area contributed by atoms with Crippen molar-refractivity contribution in [2.75, 3.05) is 0 Å². The van der Waals surface area contributed by atoms with Crippen LogP contribution in [0.3, 0.4) is 0 Å². The van der Waals surface area contributed by atoms with Gasteiger partial charge in [0.05, 0.1) is 5.69 Å². The van der Waals surface area contributed by atoms with Crippen LogP contribution in [-0.2, 0) is 0 Å². The van der Waals surface area contributed by atoms with E-state index in [0.717, 1.165) is 22.6 Å². The fraction of sp³-hybridized carbons (Fsp3) is 0.0714. The second kappa shape index (κ2) is 5.19. The molecule has 0 unspecified atom stereocenters. The first-order valence-electron chi connectivity index (χ1n) is 6.01. The van der Waals surface area contributed by atoms with Crippen LogP contribution in [0, 0.1) is 11.7 Å². The second-order valence-corrected chi connectivity index (χ2v) is 5.18. The summed E-state index contributed by atoms with van der Waals surface area (Å²) >= 11 is 11.4. The van der Waals surface area contributed by atoms with E-state index in [1.54, 1.807) is 12.4 Å². The first-order chi connectivity index (χ1) is 9.66. The predicted octanol–water partition coefficient (Wildman–Crippen LogP) is 3.95. The minimum absolute atomic E-state index is 0.544. The molecule has 1 N–H and O–H groups in total. The maximum absolute atomic E-state index is 6.01. The Labute approximate surface area is 126 Å². The predicted molar refractivity (Wildman–Crippen MR) is 81.7 cm³/mol. The molecule has 0 radical (unpaired) electrons. The maximum Gasteiger partial charge on any atom is 0.200 e. The van der Waals surface area contributed by atoms with Gasteiger partial charge in [-0.15, -0.1) is 0 Å². The number of aromatic amines is 1. The zero-order valence-corrected chi connectivity index (χ0v) is 12.2. The Bertz CT molecular complexity index is 808. The van der Waals surface area contributed by atoms with Crippen molar-refractivity contribution >= 4 is 23.8 Å². The quantitative estimate of drug-likeness (QED) is 0.729. The van der Waals surface area contributed by atoms with E-state index in [1.807, 2.05) is 41.8 Å². The first-order valence-corrected chi connectivity index (χ1v) is 6.80. The van der Waals surface area contributed by atoms with Crippen LogP contribution in [0.15, 0.2) is 42.7 Å². The van der Waals surface area contributed by atoms with E-state index in [0.29, 0.717) is 9.79 Å². The fourth-order valence-electron chi connectivity index (χ4n) is 2.08. The average molecular weight is 303 g/mol. The van der Waals surface area contributed by atoms with Gasteiger partial charge in [-0.1, -0.05) is 11.6 Å². The highest BCUT2D eigenvalue weighted by atomic mass is 35.5. The van der Waals surface area contributed by atoms with Gasteiger partial charge in [0, 0.05) is 23.0 Å². The van der Waals surface area contributed by atoms with Crippen LogP contribution in [0.25, 0.3) is 17.1 Å². The normalized spacial score (nSPS) is 10.7. The summed E-state index contributed by atoms with van der Waals surface area (Å²) in [5, 5.41) is 7.85. The molecule has 2 aromatic heterocycles. The topological polar surface area (TPSA) is 46.5 Å². The highest BCUT2D eigenvalue weighted by molar-refractivity contribution is 7.71. The zero-order valence-electron chi connectivity index (χ0n) is 10.7. The van der Waals surface area contributed by atoms with Gasteiger partial charge in [-0.2, -0.15) is 5.10 Å². The number of pyridine rings is 1. The monoisotopic (exact) mass is 302 g/mol. The van der Waals surface area contributed by atoms with E-state index in [9.17, 15) is 0 Å². The van der Waals surface area contributed by atoms with Gasteiger partial charge < -0.3 is 0 Å². The van der Waals surface area contributed by atoms with Crippen molar-refractivity contribution in [3.05, 3.63) is 58.1 Å². The maximum atomic E-state index is 6.01. The van der Waals surface area contributed by atoms with Crippen LogP contribution >= 0.6 is 23.8 Å². The molecule has 20 heavy (non-hydrogen) atoms. The number of aryl methyl sites for hydroxylation is 1. The molecule has 4 nitrogen and oxygen atoms in total. The Morgan fingerprint density at radius 2 is 1.95 bits per heavy atom. The second-order valence-electron chi connectivity index (χ2n) is 4.35. The Balaban J connectivity index is 2.25. The smallest absolute Gasteiger partial charge is 0.200 e. The SMILES string of the molecule is Cc1cc(Cl)ccc1-n1c(-c2ccncc2)n[nH]c1=S. The van der Waals surface area contributed by atoms with Crippen molar-refractivity contribution in [1.29, 1.82) is 0 Å². The molecule has 0 bridgehead atoms. The van der Waals surface area contributed by atoms with Crippen LogP contribution in [-0.4, -0.2) is 19.7 Å². The lowest BCUT2D eigenvalue weighted by molar-refractivity contribution is 1.02. The molecule has 0 saturated heterocycles. The number of hydrogen-bond acceptors (Lipinski definition) is 3. The summed E-state index contributed by atoms with van der Waals surface area (Å²) < 4.78 is 2.44. The van der Waals surface area contributed by atoms with Crippen LogP contribution in [0.5, 0.6) is 0 Å². The van der Waals surface area contributed by atoms with Crippen LogP contribution in [0.1, 0.15) is 5.56 Å². The zero-order chi connectivity index (χ0) is 14.1. The van der Waals surface area contributed by atoms with Gasteiger partial charge in [-0.25, -0.2) is 0 Å². The molecule has 2 heterocycles. The molecule has 0 spiro atoms. The molecule has 0 fully saturated rings. The number of benzene rings is 1. The van der Waals surface area contributed by atoms with Gasteiger partial charge in [0.15, 0.2) is 10.6 Å². The summed E-state index contributed by atoms with van der Waals surface area (Å²) in [7, 11) is 0. The van der Waals surface area contributed by atoms with Crippen molar-refractivity contribution in [2.45, 2.75) is 6.92 Å². The highest BCUT2D eigenvalue weighted by Gasteiger charge is 2.12. The van der Waals surface area contributed by atoms with E-state index in [-0.39, 0.29) is 0 Å². The van der Waals surface area contributed by atoms with Crippen molar-refractivity contribution in [1.82, 2.24) is 19.7 Å². The summed E-state index contributed by atoms with van der Waals surface area (Å²) in [6, 6.07) is 9.48. The lowest BCUT2D eigenvalue weighted by Crippen LogP contribution is -2.00. The number of rotatable bonds is 2. The van der Waals surface area contributed by atoms with Gasteiger partial charge in [0.1, 0.15) is 0 Å². The van der Waals surface area contributed by atoms with Crippen molar-refractivity contribution in [3.8, 4) is 17.1 Å². The number of aromatic nitrogens is 4. The fourth-order valence-corrected chi connectivity index (χ4v) is 2.54. The van der Waals surface area contributed by atoms with E-state index >= 15 is 0 Å². The number of nitrogens with one attached hydrogen (secondary N) is 1. The molecule has 0 aliphatic heterocycles. The molecular formula is C14H11ClN4S. The van der Waals surface area contributed by atoms with Crippen LogP contribution < -0.4 is 0 Å². The van der Waals surface area contributed by atoms with Crippen LogP contribution in [0.4, 0.5) is 0 Å². The highest BCUT2D eigenvalue weighted by Crippen LogP contribution is 2.24. The molecular weight excluding hydrogens is 292 g/mol.